The molecule has 14 heavy (non-hydrogen) atoms. The summed E-state index contributed by atoms with van der Waals surface area (Å²) in [5.74, 6) is 3.33. The van der Waals surface area contributed by atoms with Crippen LogP contribution in [0.4, 0.5) is 0 Å². The monoisotopic (exact) mass is 252 g/mol. The van der Waals surface area contributed by atoms with Crippen molar-refractivity contribution >= 4 is 15.9 Å². The van der Waals surface area contributed by atoms with Crippen molar-refractivity contribution in [1.29, 1.82) is 0 Å². The molecule has 2 unspecified atom stereocenters. The molecule has 0 aliphatic heterocycles. The Morgan fingerprint density at radius 3 is 1.86 bits per heavy atom. The van der Waals surface area contributed by atoms with Gasteiger partial charge in [0.1, 0.15) is 0 Å². The zero-order valence-corrected chi connectivity index (χ0v) is 10.6. The largest absolute Gasteiger partial charge is 0.0620 e. The summed E-state index contributed by atoms with van der Waals surface area (Å²) in [6.07, 6.45) is 0. The van der Waals surface area contributed by atoms with Crippen LogP contribution in [0.3, 0.4) is 0 Å². The van der Waals surface area contributed by atoms with Gasteiger partial charge in [-0.2, -0.15) is 0 Å². The zero-order valence-electron chi connectivity index (χ0n) is 9.00. The Labute approximate surface area is 94.8 Å². The number of halogens is 1. The quantitative estimate of drug-likeness (QED) is 0.693. The van der Waals surface area contributed by atoms with Crippen LogP contribution in [0.25, 0.3) is 0 Å². The van der Waals surface area contributed by atoms with Crippen LogP contribution in [-0.4, -0.2) is 0 Å². The highest BCUT2D eigenvalue weighted by Crippen LogP contribution is 2.51. The van der Waals surface area contributed by atoms with E-state index in [0.717, 1.165) is 23.7 Å². The summed E-state index contributed by atoms with van der Waals surface area (Å²) in [7, 11) is 0. The molecule has 0 amide bonds. The summed E-state index contributed by atoms with van der Waals surface area (Å²) < 4.78 is 1.17. The highest BCUT2D eigenvalue weighted by molar-refractivity contribution is 9.10. The van der Waals surface area contributed by atoms with Crippen LogP contribution in [0, 0.1) is 17.8 Å². The maximum absolute atomic E-state index is 3.48. The number of hydrogen-bond acceptors (Lipinski definition) is 0. The Morgan fingerprint density at radius 1 is 0.857 bits per heavy atom. The molecule has 0 saturated heterocycles. The molecule has 1 aromatic rings. The standard InChI is InChI=1S/C13H17Br/c1-8-9(2)13(10(8)3)11-4-6-12(14)7-5-11/h4-10,13H,1-3H3. The predicted octanol–water partition coefficient (Wildman–Crippen LogP) is 4.45. The molecule has 76 valence electrons. The highest BCUT2D eigenvalue weighted by atomic mass is 79.9. The highest BCUT2D eigenvalue weighted by Gasteiger charge is 2.42. The van der Waals surface area contributed by atoms with Crippen LogP contribution in [0.2, 0.25) is 0 Å². The van der Waals surface area contributed by atoms with E-state index in [1.807, 2.05) is 0 Å². The molecule has 2 atom stereocenters. The van der Waals surface area contributed by atoms with Crippen LogP contribution >= 0.6 is 15.9 Å². The molecule has 1 fully saturated rings. The van der Waals surface area contributed by atoms with E-state index in [1.165, 1.54) is 10.0 Å². The first-order chi connectivity index (χ1) is 6.61. The number of rotatable bonds is 1. The molecule has 1 aliphatic rings. The molecule has 0 radical (unpaired) electrons. The van der Waals surface area contributed by atoms with Crippen molar-refractivity contribution in [3.63, 3.8) is 0 Å². The zero-order chi connectivity index (χ0) is 10.3. The molecule has 1 saturated carbocycles. The molecule has 0 nitrogen and oxygen atoms in total. The van der Waals surface area contributed by atoms with Crippen molar-refractivity contribution in [3.8, 4) is 0 Å². The van der Waals surface area contributed by atoms with Gasteiger partial charge < -0.3 is 0 Å². The molecule has 1 heteroatoms. The third kappa shape index (κ3) is 1.52. The van der Waals surface area contributed by atoms with E-state index in [2.05, 4.69) is 61.0 Å². The second-order valence-electron chi connectivity index (χ2n) is 4.65. The lowest BCUT2D eigenvalue weighted by molar-refractivity contribution is 0.0756. The Balaban J connectivity index is 2.20. The first-order valence-electron chi connectivity index (χ1n) is 5.36. The molecule has 2 rings (SSSR count). The normalized spacial score (nSPS) is 36.6. The molecule has 1 aliphatic carbocycles. The fourth-order valence-corrected chi connectivity index (χ4v) is 3.02. The minimum atomic E-state index is 0.776. The summed E-state index contributed by atoms with van der Waals surface area (Å²) in [4.78, 5) is 0. The van der Waals surface area contributed by atoms with Gasteiger partial charge >= 0.3 is 0 Å². The summed E-state index contributed by atoms with van der Waals surface area (Å²) in [6, 6.07) is 8.82. The van der Waals surface area contributed by atoms with E-state index in [-0.39, 0.29) is 0 Å². The van der Waals surface area contributed by atoms with Crippen LogP contribution < -0.4 is 0 Å². The van der Waals surface area contributed by atoms with Gasteiger partial charge in [-0.05, 0) is 41.4 Å². The van der Waals surface area contributed by atoms with Gasteiger partial charge in [0.15, 0.2) is 0 Å². The van der Waals surface area contributed by atoms with E-state index in [9.17, 15) is 0 Å². The average Bonchev–Trinajstić information content (AvgIpc) is 2.21. The maximum atomic E-state index is 3.48. The van der Waals surface area contributed by atoms with Gasteiger partial charge in [0.2, 0.25) is 0 Å². The minimum absolute atomic E-state index is 0.776. The molecular formula is C13H17Br. The van der Waals surface area contributed by atoms with Crippen LogP contribution in [0.5, 0.6) is 0 Å². The molecule has 0 spiro atoms. The van der Waals surface area contributed by atoms with Gasteiger partial charge in [-0.15, -0.1) is 0 Å². The molecule has 0 aromatic heterocycles. The summed E-state index contributed by atoms with van der Waals surface area (Å²) in [5, 5.41) is 0. The molecule has 1 aromatic carbocycles. The van der Waals surface area contributed by atoms with Crippen molar-refractivity contribution in [2.45, 2.75) is 26.7 Å². The fraction of sp³-hybridized carbons (Fsp3) is 0.538. The van der Waals surface area contributed by atoms with E-state index in [1.54, 1.807) is 0 Å². The van der Waals surface area contributed by atoms with E-state index < -0.39 is 0 Å². The van der Waals surface area contributed by atoms with Gasteiger partial charge in [-0.1, -0.05) is 48.8 Å². The van der Waals surface area contributed by atoms with Crippen LogP contribution in [0.15, 0.2) is 28.7 Å². The SMILES string of the molecule is CC1C(C)C(c2ccc(Br)cc2)C1C. The maximum Gasteiger partial charge on any atom is 0.0175 e. The molecular weight excluding hydrogens is 236 g/mol. The average molecular weight is 253 g/mol. The lowest BCUT2D eigenvalue weighted by Gasteiger charge is -2.48. The van der Waals surface area contributed by atoms with E-state index >= 15 is 0 Å². The Bertz CT molecular complexity index is 305. The fourth-order valence-electron chi connectivity index (χ4n) is 2.76. The van der Waals surface area contributed by atoms with Gasteiger partial charge in [0, 0.05) is 4.47 Å². The number of hydrogen-bond donors (Lipinski definition) is 0. The van der Waals surface area contributed by atoms with Crippen LogP contribution in [-0.2, 0) is 0 Å². The van der Waals surface area contributed by atoms with Crippen molar-refractivity contribution in [3.05, 3.63) is 34.3 Å². The first kappa shape index (κ1) is 10.2. The molecule has 0 N–H and O–H groups in total. The van der Waals surface area contributed by atoms with Crippen molar-refractivity contribution in [2.24, 2.45) is 17.8 Å². The Kier molecular flexibility index (Phi) is 2.70. The summed E-state index contributed by atoms with van der Waals surface area (Å²) in [6.45, 7) is 7.11. The smallest absolute Gasteiger partial charge is 0.0175 e. The van der Waals surface area contributed by atoms with Gasteiger partial charge in [0.25, 0.3) is 0 Å². The lowest BCUT2D eigenvalue weighted by atomic mass is 9.57. The van der Waals surface area contributed by atoms with Gasteiger partial charge in [-0.3, -0.25) is 0 Å². The molecule has 0 heterocycles. The summed E-state index contributed by atoms with van der Waals surface area (Å²) in [5.41, 5.74) is 1.51. The van der Waals surface area contributed by atoms with Gasteiger partial charge in [0.05, 0.1) is 0 Å². The van der Waals surface area contributed by atoms with E-state index in [4.69, 9.17) is 0 Å². The number of benzene rings is 1. The van der Waals surface area contributed by atoms with E-state index in [0.29, 0.717) is 0 Å². The topological polar surface area (TPSA) is 0 Å². The Morgan fingerprint density at radius 2 is 1.36 bits per heavy atom. The van der Waals surface area contributed by atoms with Crippen molar-refractivity contribution < 1.29 is 0 Å². The predicted molar refractivity (Wildman–Crippen MR) is 64.4 cm³/mol. The van der Waals surface area contributed by atoms with Crippen LogP contribution in [0.1, 0.15) is 32.3 Å². The second kappa shape index (κ2) is 3.69. The summed E-state index contributed by atoms with van der Waals surface area (Å²) >= 11 is 3.48. The second-order valence-corrected chi connectivity index (χ2v) is 5.57. The third-order valence-corrected chi connectivity index (χ3v) is 4.58. The lowest BCUT2D eigenvalue weighted by Crippen LogP contribution is -2.39. The Hall–Kier alpha value is -0.300. The molecule has 0 bridgehead atoms. The first-order valence-corrected chi connectivity index (χ1v) is 6.16. The minimum Gasteiger partial charge on any atom is -0.0620 e. The third-order valence-electron chi connectivity index (χ3n) is 4.05. The van der Waals surface area contributed by atoms with Crippen molar-refractivity contribution in [2.75, 3.05) is 0 Å². The van der Waals surface area contributed by atoms with Gasteiger partial charge in [-0.25, -0.2) is 0 Å². The van der Waals surface area contributed by atoms with Crippen molar-refractivity contribution in [1.82, 2.24) is 0 Å².